The standard InChI is InChI=1S/C10H16N2OS/c1-3-5-8(4-2)12-7-6-9(13)11-10(12)14/h6-8H,3-5H2,1-2H3,(H,11,13,14). The summed E-state index contributed by atoms with van der Waals surface area (Å²) in [6.45, 7) is 4.28. The largest absolute Gasteiger partial charge is 0.322 e. The topological polar surface area (TPSA) is 37.8 Å². The predicted molar refractivity (Wildman–Crippen MR) is 60.1 cm³/mol. The zero-order valence-electron chi connectivity index (χ0n) is 8.62. The number of rotatable bonds is 4. The molecule has 1 aromatic rings. The maximum Gasteiger partial charge on any atom is 0.251 e. The predicted octanol–water partition coefficient (Wildman–Crippen LogP) is 2.66. The van der Waals surface area contributed by atoms with Gasteiger partial charge in [-0.1, -0.05) is 20.3 Å². The zero-order chi connectivity index (χ0) is 10.6. The molecule has 0 aliphatic heterocycles. The summed E-state index contributed by atoms with van der Waals surface area (Å²) in [5.41, 5.74) is -0.127. The second-order valence-electron chi connectivity index (χ2n) is 3.37. The minimum Gasteiger partial charge on any atom is -0.322 e. The average Bonchev–Trinajstić information content (AvgIpc) is 2.15. The van der Waals surface area contributed by atoms with E-state index in [1.165, 1.54) is 6.07 Å². The maximum absolute atomic E-state index is 11.0. The third-order valence-corrected chi connectivity index (χ3v) is 2.65. The molecule has 0 aliphatic carbocycles. The van der Waals surface area contributed by atoms with Crippen LogP contribution in [-0.2, 0) is 0 Å². The summed E-state index contributed by atoms with van der Waals surface area (Å²) in [6.07, 6.45) is 5.04. The first-order chi connectivity index (χ1) is 6.69. The Labute approximate surface area is 88.8 Å². The molecule has 78 valence electrons. The van der Waals surface area contributed by atoms with Crippen LogP contribution in [0.4, 0.5) is 0 Å². The smallest absolute Gasteiger partial charge is 0.251 e. The molecule has 1 aromatic heterocycles. The Hall–Kier alpha value is -0.900. The summed E-state index contributed by atoms with van der Waals surface area (Å²) < 4.78 is 2.50. The van der Waals surface area contributed by atoms with E-state index in [4.69, 9.17) is 12.2 Å². The zero-order valence-corrected chi connectivity index (χ0v) is 9.43. The summed E-state index contributed by atoms with van der Waals surface area (Å²) in [5, 5.41) is 0. The fourth-order valence-electron chi connectivity index (χ4n) is 1.59. The van der Waals surface area contributed by atoms with Crippen molar-refractivity contribution in [2.45, 2.75) is 39.2 Å². The molecule has 0 radical (unpaired) electrons. The van der Waals surface area contributed by atoms with Crippen molar-refractivity contribution in [2.75, 3.05) is 0 Å². The Morgan fingerprint density at radius 2 is 2.29 bits per heavy atom. The fraction of sp³-hybridized carbons (Fsp3) is 0.600. The van der Waals surface area contributed by atoms with E-state index >= 15 is 0 Å². The van der Waals surface area contributed by atoms with Gasteiger partial charge in [-0.25, -0.2) is 0 Å². The second-order valence-corrected chi connectivity index (χ2v) is 3.75. The van der Waals surface area contributed by atoms with Crippen molar-refractivity contribution in [3.63, 3.8) is 0 Å². The van der Waals surface area contributed by atoms with E-state index in [9.17, 15) is 4.79 Å². The van der Waals surface area contributed by atoms with Crippen LogP contribution < -0.4 is 5.56 Å². The van der Waals surface area contributed by atoms with E-state index in [1.54, 1.807) is 6.20 Å². The maximum atomic E-state index is 11.0. The van der Waals surface area contributed by atoms with Gasteiger partial charge in [0.15, 0.2) is 4.77 Å². The molecule has 0 aliphatic rings. The van der Waals surface area contributed by atoms with Crippen molar-refractivity contribution in [3.8, 4) is 0 Å². The summed E-state index contributed by atoms with van der Waals surface area (Å²) >= 11 is 5.10. The van der Waals surface area contributed by atoms with Crippen molar-refractivity contribution < 1.29 is 0 Å². The van der Waals surface area contributed by atoms with E-state index < -0.39 is 0 Å². The first kappa shape index (κ1) is 11.2. The molecule has 0 spiro atoms. The Morgan fingerprint density at radius 1 is 1.57 bits per heavy atom. The first-order valence-corrected chi connectivity index (χ1v) is 5.41. The highest BCUT2D eigenvalue weighted by atomic mass is 32.1. The van der Waals surface area contributed by atoms with Crippen LogP contribution >= 0.6 is 12.2 Å². The lowest BCUT2D eigenvalue weighted by atomic mass is 10.1. The van der Waals surface area contributed by atoms with Gasteiger partial charge in [0.2, 0.25) is 0 Å². The third-order valence-electron chi connectivity index (χ3n) is 2.34. The van der Waals surface area contributed by atoms with Gasteiger partial charge in [-0.2, -0.15) is 0 Å². The van der Waals surface area contributed by atoms with Gasteiger partial charge in [0, 0.05) is 18.3 Å². The Bertz CT molecular complexity index is 394. The lowest BCUT2D eigenvalue weighted by Gasteiger charge is -2.17. The summed E-state index contributed by atoms with van der Waals surface area (Å²) in [4.78, 5) is 13.6. The van der Waals surface area contributed by atoms with Crippen LogP contribution in [0.25, 0.3) is 0 Å². The highest BCUT2D eigenvalue weighted by molar-refractivity contribution is 7.71. The van der Waals surface area contributed by atoms with Crippen LogP contribution in [0.15, 0.2) is 17.1 Å². The quantitative estimate of drug-likeness (QED) is 0.779. The normalized spacial score (nSPS) is 12.7. The molecule has 0 fully saturated rings. The van der Waals surface area contributed by atoms with Crippen molar-refractivity contribution in [3.05, 3.63) is 27.4 Å². The van der Waals surface area contributed by atoms with Crippen molar-refractivity contribution in [1.82, 2.24) is 9.55 Å². The molecule has 0 amide bonds. The SMILES string of the molecule is CCCC(CC)n1ccc(=O)[nH]c1=S. The first-order valence-electron chi connectivity index (χ1n) is 5.00. The molecule has 1 heterocycles. The Morgan fingerprint density at radius 3 is 2.79 bits per heavy atom. The summed E-state index contributed by atoms with van der Waals surface area (Å²) in [7, 11) is 0. The van der Waals surface area contributed by atoms with E-state index in [0.717, 1.165) is 19.3 Å². The molecular formula is C10H16N2OS. The molecule has 1 unspecified atom stereocenters. The molecular weight excluding hydrogens is 196 g/mol. The third kappa shape index (κ3) is 2.54. The van der Waals surface area contributed by atoms with Crippen molar-refractivity contribution >= 4 is 12.2 Å². The molecule has 3 nitrogen and oxygen atoms in total. The number of H-pyrrole nitrogens is 1. The van der Waals surface area contributed by atoms with Crippen LogP contribution in [0, 0.1) is 4.77 Å². The molecule has 14 heavy (non-hydrogen) atoms. The van der Waals surface area contributed by atoms with E-state index in [0.29, 0.717) is 10.8 Å². The van der Waals surface area contributed by atoms with Gasteiger partial charge in [-0.3, -0.25) is 9.78 Å². The van der Waals surface area contributed by atoms with Crippen LogP contribution in [0.1, 0.15) is 39.2 Å². The number of hydrogen-bond acceptors (Lipinski definition) is 2. The van der Waals surface area contributed by atoms with Crippen LogP contribution in [0.5, 0.6) is 0 Å². The molecule has 1 atom stereocenters. The molecule has 0 bridgehead atoms. The summed E-state index contributed by atoms with van der Waals surface area (Å²) in [6, 6.07) is 1.93. The van der Waals surface area contributed by atoms with Crippen LogP contribution in [0.2, 0.25) is 0 Å². The molecule has 1 rings (SSSR count). The van der Waals surface area contributed by atoms with Gasteiger partial charge < -0.3 is 4.57 Å². The fourth-order valence-corrected chi connectivity index (χ4v) is 1.90. The van der Waals surface area contributed by atoms with Gasteiger partial charge in [0.05, 0.1) is 0 Å². The molecule has 4 heteroatoms. The minimum absolute atomic E-state index is 0.127. The molecule has 1 N–H and O–H groups in total. The molecule has 0 aromatic carbocycles. The Balaban J connectivity index is 3.04. The van der Waals surface area contributed by atoms with Gasteiger partial charge in [0.25, 0.3) is 5.56 Å². The van der Waals surface area contributed by atoms with Gasteiger partial charge >= 0.3 is 0 Å². The van der Waals surface area contributed by atoms with Gasteiger partial charge in [-0.15, -0.1) is 0 Å². The molecule has 0 saturated heterocycles. The average molecular weight is 212 g/mol. The van der Waals surface area contributed by atoms with E-state index in [1.807, 2.05) is 4.57 Å². The van der Waals surface area contributed by atoms with Crippen molar-refractivity contribution in [2.24, 2.45) is 0 Å². The van der Waals surface area contributed by atoms with Gasteiger partial charge in [0.1, 0.15) is 0 Å². The van der Waals surface area contributed by atoms with E-state index in [2.05, 4.69) is 18.8 Å². The van der Waals surface area contributed by atoms with E-state index in [-0.39, 0.29) is 5.56 Å². The van der Waals surface area contributed by atoms with Gasteiger partial charge in [-0.05, 0) is 25.1 Å². The Kier molecular flexibility index (Phi) is 4.07. The lowest BCUT2D eigenvalue weighted by molar-refractivity contribution is 0.435. The number of aromatic amines is 1. The number of aromatic nitrogens is 2. The highest BCUT2D eigenvalue weighted by Crippen LogP contribution is 2.16. The monoisotopic (exact) mass is 212 g/mol. The number of nitrogens with one attached hydrogen (secondary N) is 1. The lowest BCUT2D eigenvalue weighted by Crippen LogP contribution is -2.15. The highest BCUT2D eigenvalue weighted by Gasteiger charge is 2.06. The minimum atomic E-state index is -0.127. The van der Waals surface area contributed by atoms with Crippen molar-refractivity contribution in [1.29, 1.82) is 0 Å². The summed E-state index contributed by atoms with van der Waals surface area (Å²) in [5.74, 6) is 0. The number of nitrogens with zero attached hydrogens (tertiary/aromatic N) is 1. The number of hydrogen-bond donors (Lipinski definition) is 1. The molecule has 0 saturated carbocycles. The van der Waals surface area contributed by atoms with Crippen LogP contribution in [0.3, 0.4) is 0 Å². The second kappa shape index (κ2) is 5.10. The van der Waals surface area contributed by atoms with Crippen LogP contribution in [-0.4, -0.2) is 9.55 Å².